The van der Waals surface area contributed by atoms with Crippen LogP contribution < -0.4 is 10.2 Å². The van der Waals surface area contributed by atoms with Crippen molar-refractivity contribution in [3.05, 3.63) is 48.9 Å². The number of nitriles is 1. The van der Waals surface area contributed by atoms with Gasteiger partial charge in [-0.3, -0.25) is 0 Å². The Hall–Kier alpha value is -2.14. The van der Waals surface area contributed by atoms with E-state index in [1.54, 1.807) is 43.7 Å². The molecule has 1 aromatic carbocycles. The topological polar surface area (TPSA) is 117 Å². The fourth-order valence-corrected chi connectivity index (χ4v) is 4.24. The number of fused-ring (bicyclic) bond motifs is 1. The van der Waals surface area contributed by atoms with Crippen molar-refractivity contribution >= 4 is 32.6 Å². The van der Waals surface area contributed by atoms with Crippen LogP contribution in [0.4, 0.5) is 11.8 Å². The van der Waals surface area contributed by atoms with Gasteiger partial charge in [-0.2, -0.15) is 10.2 Å². The minimum atomic E-state index is -3.52. The molecule has 11 heteroatoms. The summed E-state index contributed by atoms with van der Waals surface area (Å²) in [7, 11) is -1.79. The molecule has 34 heavy (non-hydrogen) atoms. The fourth-order valence-electron chi connectivity index (χ4n) is 3.69. The van der Waals surface area contributed by atoms with Gasteiger partial charge in [0.2, 0.25) is 11.9 Å². The molecule has 0 bridgehead atoms. The molecule has 0 aliphatic heterocycles. The minimum Gasteiger partial charge on any atom is -0.414 e. The van der Waals surface area contributed by atoms with Crippen LogP contribution in [0.15, 0.2) is 18.2 Å². The van der Waals surface area contributed by atoms with E-state index in [1.807, 2.05) is 18.7 Å². The van der Waals surface area contributed by atoms with Crippen molar-refractivity contribution < 1.29 is 39.5 Å². The van der Waals surface area contributed by atoms with Crippen LogP contribution >= 0.6 is 0 Å². The molecule has 0 aliphatic carbocycles. The van der Waals surface area contributed by atoms with E-state index in [-0.39, 0.29) is 43.1 Å². The summed E-state index contributed by atoms with van der Waals surface area (Å²) in [5, 5.41) is 12.3. The Balaban J connectivity index is 0.00000408. The number of sulfone groups is 1. The third-order valence-electron chi connectivity index (χ3n) is 5.86. The molecule has 1 N–H and O–H groups in total. The average molecular weight is 706 g/mol. The molecule has 0 saturated carbocycles. The van der Waals surface area contributed by atoms with Crippen molar-refractivity contribution in [1.29, 1.82) is 5.26 Å². The third kappa shape index (κ3) is 4.82. The monoisotopic (exact) mass is 705 g/mol. The molecule has 0 aliphatic rings. The van der Waals surface area contributed by atoms with Gasteiger partial charge < -0.3 is 24.1 Å². The predicted molar refractivity (Wildman–Crippen MR) is 131 cm³/mol. The third-order valence-corrected chi connectivity index (χ3v) is 7.91. The summed E-state index contributed by atoms with van der Waals surface area (Å²) in [6.45, 7) is 15.5. The normalized spacial score (nSPS) is 12.7. The second-order valence-corrected chi connectivity index (χ2v) is 11.0. The summed E-state index contributed by atoms with van der Waals surface area (Å²) in [5.74, 6) is 1.28. The van der Waals surface area contributed by atoms with Crippen LogP contribution in [0.2, 0.25) is 0 Å². The van der Waals surface area contributed by atoms with Gasteiger partial charge >= 0.3 is 31.1 Å². The first kappa shape index (κ1) is 28.1. The Morgan fingerprint density at radius 2 is 1.94 bits per heavy atom. The van der Waals surface area contributed by atoms with Crippen LogP contribution in [0.25, 0.3) is 17.0 Å². The van der Waals surface area contributed by atoms with E-state index in [0.717, 1.165) is 0 Å². The van der Waals surface area contributed by atoms with E-state index in [2.05, 4.69) is 30.2 Å². The standard InChI is InChI=1S/C23H29N7O2S.U/c1-9-29(14(2)3)20-15(4)19(23(5,6)33(8,31)32)27-22(28-20)30-18-11-10-16(13-24)12-17(18)26-21(30)25-7;/h10-12,14H,1-2,9H2,3-8H3,(H,25,26);/q-2;+2/t14-;/m0./s1. The van der Waals surface area contributed by atoms with Gasteiger partial charge in [0.25, 0.3) is 0 Å². The predicted octanol–water partition coefficient (Wildman–Crippen LogP) is 3.18. The van der Waals surface area contributed by atoms with Crippen molar-refractivity contribution in [2.75, 3.05) is 30.1 Å². The molecular formula is C23H29N7O2SU. The molecule has 0 amide bonds. The van der Waals surface area contributed by atoms with Crippen molar-refractivity contribution in [2.24, 2.45) is 0 Å². The summed E-state index contributed by atoms with van der Waals surface area (Å²) in [6, 6.07) is 7.10. The Bertz CT molecular complexity index is 1360. The number of hydrogen-bond acceptors (Lipinski definition) is 8. The maximum Gasteiger partial charge on any atom is 2.00 e. The van der Waals surface area contributed by atoms with Gasteiger partial charge in [-0.1, -0.05) is 6.92 Å². The molecule has 0 fully saturated rings. The summed E-state index contributed by atoms with van der Waals surface area (Å²) in [5.41, 5.74) is 2.79. The zero-order valence-corrected chi connectivity index (χ0v) is 25.3. The van der Waals surface area contributed by atoms with Crippen molar-refractivity contribution in [2.45, 2.75) is 38.5 Å². The summed E-state index contributed by atoms with van der Waals surface area (Å²) < 4.78 is 25.9. The van der Waals surface area contributed by atoms with Crippen molar-refractivity contribution in [3.63, 3.8) is 0 Å². The molecule has 3 rings (SSSR count). The maximum atomic E-state index is 12.7. The number of benzene rings is 1. The Labute approximate surface area is 225 Å². The number of hydrogen-bond donors (Lipinski definition) is 1. The first-order valence-corrected chi connectivity index (χ1v) is 12.3. The van der Waals surface area contributed by atoms with Gasteiger partial charge in [0.1, 0.15) is 10.6 Å². The van der Waals surface area contributed by atoms with Gasteiger partial charge in [-0.15, -0.1) is 12.6 Å². The molecule has 1 atom stereocenters. The first-order valence-electron chi connectivity index (χ1n) is 10.5. The summed E-state index contributed by atoms with van der Waals surface area (Å²) >= 11 is 0. The summed E-state index contributed by atoms with van der Waals surface area (Å²) in [6.07, 6.45) is 1.20. The molecule has 9 nitrogen and oxygen atoms in total. The average Bonchev–Trinajstić information content (AvgIpc) is 3.11. The molecule has 0 spiro atoms. The number of rotatable bonds is 7. The second kappa shape index (κ2) is 10.2. The fraction of sp³-hybridized carbons (Fsp3) is 0.391. The second-order valence-electron chi connectivity index (χ2n) is 8.48. The van der Waals surface area contributed by atoms with Crippen LogP contribution in [0.1, 0.15) is 37.6 Å². The minimum absolute atomic E-state index is 0. The number of nitrogens with zero attached hydrogens (tertiary/aromatic N) is 6. The molecule has 2 aromatic heterocycles. The molecule has 0 radical (unpaired) electrons. The van der Waals surface area contributed by atoms with Crippen molar-refractivity contribution in [1.82, 2.24) is 19.5 Å². The number of nitrogens with one attached hydrogen (secondary N) is 1. The maximum absolute atomic E-state index is 12.7. The van der Waals surface area contributed by atoms with Crippen LogP contribution in [-0.4, -0.2) is 53.8 Å². The van der Waals surface area contributed by atoms with Crippen LogP contribution in [0.5, 0.6) is 0 Å². The van der Waals surface area contributed by atoms with E-state index >= 15 is 0 Å². The largest absolute Gasteiger partial charge is 2.00 e. The van der Waals surface area contributed by atoms with Gasteiger partial charge in [-0.05, 0) is 39.0 Å². The van der Waals surface area contributed by atoms with E-state index in [4.69, 9.17) is 9.97 Å². The van der Waals surface area contributed by atoms with Crippen molar-refractivity contribution in [3.8, 4) is 12.0 Å². The van der Waals surface area contributed by atoms with Crippen LogP contribution in [-0.2, 0) is 14.6 Å². The summed E-state index contributed by atoms with van der Waals surface area (Å²) in [4.78, 5) is 16.0. The Morgan fingerprint density at radius 1 is 1.29 bits per heavy atom. The van der Waals surface area contributed by atoms with E-state index in [1.165, 1.54) is 6.26 Å². The van der Waals surface area contributed by atoms with Crippen LogP contribution in [0.3, 0.4) is 0 Å². The first-order chi connectivity index (χ1) is 15.4. The van der Waals surface area contributed by atoms with Gasteiger partial charge in [0.15, 0.2) is 9.84 Å². The van der Waals surface area contributed by atoms with Gasteiger partial charge in [0, 0.05) is 18.9 Å². The van der Waals surface area contributed by atoms with E-state index in [0.29, 0.717) is 46.2 Å². The molecule has 0 unspecified atom stereocenters. The zero-order valence-electron chi connectivity index (χ0n) is 20.3. The SMILES string of the molecule is [CH2-]CN(c1nc(-n2c(NC)nc3cc(C#N)ccc32)nc(C(C)(C)S(C)(=O)=O)c1C)[C@@H]([CH2-])C.[U+2]. The molecular weight excluding hydrogens is 676 g/mol. The zero-order chi connectivity index (χ0) is 24.7. The number of anilines is 2. The Kier molecular flexibility index (Phi) is 8.46. The quantitative estimate of drug-likeness (QED) is 0.373. The smallest absolute Gasteiger partial charge is 0.414 e. The molecule has 2 heterocycles. The van der Waals surface area contributed by atoms with Crippen LogP contribution in [0, 0.1) is 63.2 Å². The number of imidazole rings is 1. The Morgan fingerprint density at radius 3 is 2.44 bits per heavy atom. The van der Waals surface area contributed by atoms with Gasteiger partial charge in [0.05, 0.1) is 28.4 Å². The van der Waals surface area contributed by atoms with E-state index < -0.39 is 14.6 Å². The number of aromatic nitrogens is 4. The molecule has 178 valence electrons. The molecule has 0 saturated heterocycles. The van der Waals surface area contributed by atoms with Gasteiger partial charge in [-0.25, -0.2) is 23.0 Å². The molecule has 3 aromatic rings. The van der Waals surface area contributed by atoms with E-state index in [9.17, 15) is 13.7 Å².